The fourth-order valence-electron chi connectivity index (χ4n) is 2.36. The van der Waals surface area contributed by atoms with Crippen LogP contribution in [0.4, 0.5) is 5.69 Å². The van der Waals surface area contributed by atoms with Crippen LogP contribution in [0, 0.1) is 5.92 Å². The van der Waals surface area contributed by atoms with E-state index < -0.39 is 5.60 Å². The highest BCUT2D eigenvalue weighted by molar-refractivity contribution is 5.93. The van der Waals surface area contributed by atoms with E-state index in [1.165, 1.54) is 0 Å². The minimum absolute atomic E-state index is 0.223. The molecule has 100 valence electrons. The van der Waals surface area contributed by atoms with E-state index in [0.29, 0.717) is 23.8 Å². The molecule has 1 amide bonds. The zero-order chi connectivity index (χ0) is 13.2. The van der Waals surface area contributed by atoms with Gasteiger partial charge in [-0.2, -0.15) is 0 Å². The average Bonchev–Trinajstić information content (AvgIpc) is 2.77. The van der Waals surface area contributed by atoms with Gasteiger partial charge >= 0.3 is 0 Å². The van der Waals surface area contributed by atoms with Crippen molar-refractivity contribution in [1.29, 1.82) is 0 Å². The van der Waals surface area contributed by atoms with Crippen molar-refractivity contribution in [3.05, 3.63) is 18.0 Å². The Hall–Kier alpha value is -1.49. The Balaban J connectivity index is 1.86. The van der Waals surface area contributed by atoms with E-state index in [4.69, 9.17) is 5.73 Å². The fraction of sp³-hybridized carbons (Fsp3) is 0.615. The SMILES string of the molecule is CC1CCC(O)(CNC(=O)c2cc(N)c[nH]2)CC1. The van der Waals surface area contributed by atoms with Gasteiger partial charge in [0.1, 0.15) is 5.69 Å². The predicted molar refractivity (Wildman–Crippen MR) is 70.1 cm³/mol. The van der Waals surface area contributed by atoms with Crippen LogP contribution in [0.2, 0.25) is 0 Å². The smallest absolute Gasteiger partial charge is 0.267 e. The average molecular weight is 251 g/mol. The van der Waals surface area contributed by atoms with Crippen molar-refractivity contribution in [1.82, 2.24) is 10.3 Å². The van der Waals surface area contributed by atoms with Crippen LogP contribution in [0.5, 0.6) is 0 Å². The third kappa shape index (κ3) is 3.04. The largest absolute Gasteiger partial charge is 0.397 e. The summed E-state index contributed by atoms with van der Waals surface area (Å²) in [5, 5.41) is 13.1. The van der Waals surface area contributed by atoms with Gasteiger partial charge in [-0.3, -0.25) is 4.79 Å². The van der Waals surface area contributed by atoms with E-state index in [1.807, 2.05) is 0 Å². The minimum atomic E-state index is -0.750. The molecule has 1 aliphatic rings. The number of H-pyrrole nitrogens is 1. The number of anilines is 1. The summed E-state index contributed by atoms with van der Waals surface area (Å²) in [6, 6.07) is 1.59. The molecule has 1 saturated carbocycles. The second kappa shape index (κ2) is 5.02. The lowest BCUT2D eigenvalue weighted by atomic mass is 9.79. The van der Waals surface area contributed by atoms with Gasteiger partial charge in [0.2, 0.25) is 0 Å². The summed E-state index contributed by atoms with van der Waals surface area (Å²) >= 11 is 0. The first-order valence-corrected chi connectivity index (χ1v) is 6.43. The molecule has 0 atom stereocenters. The lowest BCUT2D eigenvalue weighted by molar-refractivity contribution is -0.00543. The van der Waals surface area contributed by atoms with Crippen molar-refractivity contribution >= 4 is 11.6 Å². The molecular formula is C13H21N3O2. The fourth-order valence-corrected chi connectivity index (χ4v) is 2.36. The van der Waals surface area contributed by atoms with Gasteiger partial charge in [0.05, 0.1) is 5.60 Å². The van der Waals surface area contributed by atoms with E-state index in [9.17, 15) is 9.90 Å². The number of hydrogen-bond acceptors (Lipinski definition) is 3. The van der Waals surface area contributed by atoms with E-state index >= 15 is 0 Å². The van der Waals surface area contributed by atoms with Gasteiger partial charge in [-0.25, -0.2) is 0 Å². The molecule has 5 heteroatoms. The number of aromatic nitrogens is 1. The number of aliphatic hydroxyl groups is 1. The van der Waals surface area contributed by atoms with Crippen LogP contribution in [-0.2, 0) is 0 Å². The summed E-state index contributed by atoms with van der Waals surface area (Å²) in [7, 11) is 0. The second-order valence-corrected chi connectivity index (χ2v) is 5.44. The number of aromatic amines is 1. The van der Waals surface area contributed by atoms with Crippen LogP contribution in [0.15, 0.2) is 12.3 Å². The van der Waals surface area contributed by atoms with Gasteiger partial charge < -0.3 is 21.1 Å². The first-order chi connectivity index (χ1) is 8.48. The van der Waals surface area contributed by atoms with E-state index in [0.717, 1.165) is 25.7 Å². The Kier molecular flexibility index (Phi) is 3.61. The maximum atomic E-state index is 11.8. The van der Waals surface area contributed by atoms with E-state index in [2.05, 4.69) is 17.2 Å². The third-order valence-corrected chi connectivity index (χ3v) is 3.73. The molecule has 5 nitrogen and oxygen atoms in total. The van der Waals surface area contributed by atoms with Gasteiger partial charge in [0, 0.05) is 18.4 Å². The van der Waals surface area contributed by atoms with Crippen molar-refractivity contribution in [2.45, 2.75) is 38.2 Å². The lowest BCUT2D eigenvalue weighted by Gasteiger charge is -2.34. The van der Waals surface area contributed by atoms with Gasteiger partial charge in [-0.15, -0.1) is 0 Å². The van der Waals surface area contributed by atoms with Crippen LogP contribution in [-0.4, -0.2) is 28.1 Å². The highest BCUT2D eigenvalue weighted by atomic mass is 16.3. The van der Waals surface area contributed by atoms with Crippen molar-refractivity contribution in [2.75, 3.05) is 12.3 Å². The van der Waals surface area contributed by atoms with E-state index in [1.54, 1.807) is 12.3 Å². The summed E-state index contributed by atoms with van der Waals surface area (Å²) in [6.07, 6.45) is 5.11. The molecule has 0 radical (unpaired) electrons. The molecule has 18 heavy (non-hydrogen) atoms. The van der Waals surface area contributed by atoms with Gasteiger partial charge in [-0.05, 0) is 37.7 Å². The molecule has 1 heterocycles. The molecule has 1 aromatic rings. The number of nitrogens with one attached hydrogen (secondary N) is 2. The molecule has 0 unspecified atom stereocenters. The molecule has 2 rings (SSSR count). The van der Waals surface area contributed by atoms with Crippen molar-refractivity contribution < 1.29 is 9.90 Å². The molecular weight excluding hydrogens is 230 g/mol. The first-order valence-electron chi connectivity index (χ1n) is 6.43. The molecule has 5 N–H and O–H groups in total. The quantitative estimate of drug-likeness (QED) is 0.652. The molecule has 0 aliphatic heterocycles. The Bertz CT molecular complexity index is 420. The second-order valence-electron chi connectivity index (χ2n) is 5.44. The Labute approximate surface area is 107 Å². The van der Waals surface area contributed by atoms with Crippen LogP contribution in [0.3, 0.4) is 0 Å². The number of rotatable bonds is 3. The van der Waals surface area contributed by atoms with Crippen LogP contribution in [0.1, 0.15) is 43.1 Å². The molecule has 1 fully saturated rings. The lowest BCUT2D eigenvalue weighted by Crippen LogP contribution is -2.45. The molecule has 0 aromatic carbocycles. The molecule has 1 aromatic heterocycles. The number of hydrogen-bond donors (Lipinski definition) is 4. The summed E-state index contributed by atoms with van der Waals surface area (Å²) in [5.74, 6) is 0.447. The van der Waals surface area contributed by atoms with Crippen LogP contribution < -0.4 is 11.1 Å². The van der Waals surface area contributed by atoms with Crippen LogP contribution in [0.25, 0.3) is 0 Å². The predicted octanol–water partition coefficient (Wildman–Crippen LogP) is 1.27. The van der Waals surface area contributed by atoms with Crippen LogP contribution >= 0.6 is 0 Å². The highest BCUT2D eigenvalue weighted by Gasteiger charge is 2.32. The van der Waals surface area contributed by atoms with Crippen molar-refractivity contribution in [2.24, 2.45) is 5.92 Å². The maximum absolute atomic E-state index is 11.8. The molecule has 0 saturated heterocycles. The van der Waals surface area contributed by atoms with Crippen molar-refractivity contribution in [3.63, 3.8) is 0 Å². The molecule has 0 bridgehead atoms. The number of carbonyl (C=O) groups is 1. The Morgan fingerprint density at radius 3 is 2.83 bits per heavy atom. The summed E-state index contributed by atoms with van der Waals surface area (Å²) in [5.41, 5.74) is 5.75. The number of amides is 1. The van der Waals surface area contributed by atoms with Gasteiger partial charge in [0.25, 0.3) is 5.91 Å². The monoisotopic (exact) mass is 251 g/mol. The maximum Gasteiger partial charge on any atom is 0.267 e. The number of nitrogen functional groups attached to an aromatic ring is 1. The van der Waals surface area contributed by atoms with Gasteiger partial charge in [-0.1, -0.05) is 6.92 Å². The standard InChI is InChI=1S/C13H21N3O2/c1-9-2-4-13(18,5-3-9)8-16-12(17)11-6-10(14)7-15-11/h6-7,9,15,18H,2-5,8,14H2,1H3,(H,16,17). The first kappa shape index (κ1) is 13.0. The zero-order valence-electron chi connectivity index (χ0n) is 10.7. The third-order valence-electron chi connectivity index (χ3n) is 3.73. The summed E-state index contributed by atoms with van der Waals surface area (Å²) < 4.78 is 0. The highest BCUT2D eigenvalue weighted by Crippen LogP contribution is 2.31. The molecule has 1 aliphatic carbocycles. The van der Waals surface area contributed by atoms with Crippen molar-refractivity contribution in [3.8, 4) is 0 Å². The number of nitrogens with two attached hydrogens (primary N) is 1. The normalized spacial score (nSPS) is 28.0. The zero-order valence-corrected chi connectivity index (χ0v) is 10.7. The Morgan fingerprint density at radius 1 is 1.61 bits per heavy atom. The summed E-state index contributed by atoms with van der Waals surface area (Å²) in [4.78, 5) is 14.6. The Morgan fingerprint density at radius 2 is 2.28 bits per heavy atom. The minimum Gasteiger partial charge on any atom is -0.397 e. The number of carbonyl (C=O) groups excluding carboxylic acids is 1. The topological polar surface area (TPSA) is 91.1 Å². The molecule has 0 spiro atoms. The van der Waals surface area contributed by atoms with E-state index in [-0.39, 0.29) is 5.91 Å². The summed E-state index contributed by atoms with van der Waals surface area (Å²) in [6.45, 7) is 2.50. The van der Waals surface area contributed by atoms with Gasteiger partial charge in [0.15, 0.2) is 0 Å².